The Hall–Kier alpha value is -1.36. The molecule has 0 saturated carbocycles. The first-order chi connectivity index (χ1) is 9.58. The van der Waals surface area contributed by atoms with Crippen molar-refractivity contribution in [2.75, 3.05) is 17.8 Å². The molecule has 1 rings (SSSR count). The highest BCUT2D eigenvalue weighted by atomic mass is 79.9. The molecule has 1 N–H and O–H groups in total. The van der Waals surface area contributed by atoms with Gasteiger partial charge in [0.05, 0.1) is 12.7 Å². The molecule has 0 radical (unpaired) electrons. The number of alkyl halides is 1. The van der Waals surface area contributed by atoms with Gasteiger partial charge < -0.3 is 10.1 Å². The summed E-state index contributed by atoms with van der Waals surface area (Å²) in [5.74, 6) is -0.366. The molecule has 0 aliphatic heterocycles. The van der Waals surface area contributed by atoms with Crippen LogP contribution in [0.5, 0.6) is 0 Å². The first-order valence-electron chi connectivity index (χ1n) is 6.63. The Bertz CT molecular complexity index is 474. The zero-order valence-electron chi connectivity index (χ0n) is 11.9. The van der Waals surface area contributed by atoms with Crippen molar-refractivity contribution in [3.8, 4) is 0 Å². The van der Waals surface area contributed by atoms with Crippen molar-refractivity contribution in [2.24, 2.45) is 0 Å². The van der Waals surface area contributed by atoms with Gasteiger partial charge in [0.15, 0.2) is 0 Å². The molecule has 0 unspecified atom stereocenters. The number of methoxy groups -OCH3 is 1. The smallest absolute Gasteiger partial charge is 0.337 e. The lowest BCUT2D eigenvalue weighted by Gasteiger charge is -2.09. The second-order valence-electron chi connectivity index (χ2n) is 4.57. The number of halogens is 1. The van der Waals surface area contributed by atoms with Crippen LogP contribution in [0.15, 0.2) is 18.2 Å². The van der Waals surface area contributed by atoms with Crippen LogP contribution in [0.1, 0.15) is 41.6 Å². The largest absolute Gasteiger partial charge is 0.465 e. The summed E-state index contributed by atoms with van der Waals surface area (Å²) >= 11 is 3.37. The number of ether oxygens (including phenoxy) is 1. The molecule has 5 heteroatoms. The normalized spacial score (nSPS) is 10.2. The van der Waals surface area contributed by atoms with E-state index in [0.717, 1.165) is 35.8 Å². The minimum absolute atomic E-state index is 0.00786. The van der Waals surface area contributed by atoms with Crippen molar-refractivity contribution in [2.45, 2.75) is 32.6 Å². The average molecular weight is 342 g/mol. The minimum atomic E-state index is -0.374. The Morgan fingerprint density at radius 1 is 1.25 bits per heavy atom. The highest BCUT2D eigenvalue weighted by Gasteiger charge is 2.09. The van der Waals surface area contributed by atoms with E-state index in [1.165, 1.54) is 7.11 Å². The minimum Gasteiger partial charge on any atom is -0.465 e. The van der Waals surface area contributed by atoms with E-state index in [4.69, 9.17) is 0 Å². The van der Waals surface area contributed by atoms with Crippen LogP contribution >= 0.6 is 15.9 Å². The lowest BCUT2D eigenvalue weighted by Crippen LogP contribution is -2.12. The number of hydrogen-bond acceptors (Lipinski definition) is 3. The predicted octanol–water partition coefficient (Wildman–Crippen LogP) is 3.68. The Kier molecular flexibility index (Phi) is 7.30. The molecule has 1 aromatic rings. The molecule has 0 saturated heterocycles. The number of esters is 1. The van der Waals surface area contributed by atoms with Gasteiger partial charge in [-0.1, -0.05) is 22.4 Å². The molecule has 1 aromatic carbocycles. The number of rotatable bonds is 7. The summed E-state index contributed by atoms with van der Waals surface area (Å²) in [6.07, 6.45) is 3.53. The Balaban J connectivity index is 2.55. The number of unbranched alkanes of at least 4 members (excludes halogenated alkanes) is 2. The molecule has 0 bridgehead atoms. The lowest BCUT2D eigenvalue weighted by atomic mass is 10.1. The predicted molar refractivity (Wildman–Crippen MR) is 83.4 cm³/mol. The molecule has 0 atom stereocenters. The van der Waals surface area contributed by atoms with Crippen molar-refractivity contribution in [1.82, 2.24) is 0 Å². The molecule has 0 fully saturated rings. The molecule has 110 valence electrons. The first kappa shape index (κ1) is 16.7. The van der Waals surface area contributed by atoms with Crippen LogP contribution in [-0.2, 0) is 9.53 Å². The van der Waals surface area contributed by atoms with Gasteiger partial charge >= 0.3 is 5.97 Å². The van der Waals surface area contributed by atoms with Crippen LogP contribution in [0.2, 0.25) is 0 Å². The second kappa shape index (κ2) is 8.74. The zero-order valence-corrected chi connectivity index (χ0v) is 13.5. The van der Waals surface area contributed by atoms with Crippen LogP contribution in [0.3, 0.4) is 0 Å². The topological polar surface area (TPSA) is 55.4 Å². The lowest BCUT2D eigenvalue weighted by molar-refractivity contribution is -0.116. The van der Waals surface area contributed by atoms with Gasteiger partial charge in [0.2, 0.25) is 5.91 Å². The summed E-state index contributed by atoms with van der Waals surface area (Å²) in [6.45, 7) is 1.85. The number of carbonyl (C=O) groups excluding carboxylic acids is 2. The van der Waals surface area contributed by atoms with E-state index in [-0.39, 0.29) is 11.9 Å². The number of benzene rings is 1. The molecule has 0 spiro atoms. The van der Waals surface area contributed by atoms with Crippen molar-refractivity contribution in [3.05, 3.63) is 29.3 Å². The summed E-state index contributed by atoms with van der Waals surface area (Å²) < 4.78 is 4.66. The number of amides is 1. The van der Waals surface area contributed by atoms with Crippen LogP contribution in [-0.4, -0.2) is 24.3 Å². The fraction of sp³-hybridized carbons (Fsp3) is 0.467. The van der Waals surface area contributed by atoms with Gasteiger partial charge in [0.1, 0.15) is 0 Å². The fourth-order valence-electron chi connectivity index (χ4n) is 1.82. The summed E-state index contributed by atoms with van der Waals surface area (Å²) in [6, 6.07) is 5.10. The van der Waals surface area contributed by atoms with E-state index in [2.05, 4.69) is 26.0 Å². The maximum absolute atomic E-state index is 11.8. The summed E-state index contributed by atoms with van der Waals surface area (Å²) in [7, 11) is 1.35. The Labute approximate surface area is 128 Å². The van der Waals surface area contributed by atoms with Gasteiger partial charge in [-0.15, -0.1) is 0 Å². The van der Waals surface area contributed by atoms with Gasteiger partial charge in [0.25, 0.3) is 0 Å². The third kappa shape index (κ3) is 5.33. The molecule has 0 aromatic heterocycles. The molecule has 0 aliphatic rings. The van der Waals surface area contributed by atoms with Gasteiger partial charge in [-0.2, -0.15) is 0 Å². The highest BCUT2D eigenvalue weighted by Crippen LogP contribution is 2.17. The van der Waals surface area contributed by atoms with E-state index < -0.39 is 0 Å². The quantitative estimate of drug-likeness (QED) is 0.467. The van der Waals surface area contributed by atoms with E-state index in [0.29, 0.717) is 12.0 Å². The van der Waals surface area contributed by atoms with Crippen LogP contribution in [0.25, 0.3) is 0 Å². The Morgan fingerprint density at radius 3 is 2.60 bits per heavy atom. The SMILES string of the molecule is COC(=O)c1ccc(NC(=O)CCCCCBr)c(C)c1. The summed E-state index contributed by atoms with van der Waals surface area (Å²) in [5, 5.41) is 3.84. The van der Waals surface area contributed by atoms with Crippen LogP contribution in [0.4, 0.5) is 5.69 Å². The van der Waals surface area contributed by atoms with Gasteiger partial charge in [0, 0.05) is 17.4 Å². The summed E-state index contributed by atoms with van der Waals surface area (Å²) in [5.41, 5.74) is 2.07. The Morgan fingerprint density at radius 2 is 2.00 bits per heavy atom. The average Bonchev–Trinajstić information content (AvgIpc) is 2.45. The maximum Gasteiger partial charge on any atom is 0.337 e. The number of nitrogens with one attached hydrogen (secondary N) is 1. The first-order valence-corrected chi connectivity index (χ1v) is 7.75. The van der Waals surface area contributed by atoms with E-state index in [1.54, 1.807) is 18.2 Å². The van der Waals surface area contributed by atoms with E-state index >= 15 is 0 Å². The van der Waals surface area contributed by atoms with E-state index in [9.17, 15) is 9.59 Å². The van der Waals surface area contributed by atoms with Crippen molar-refractivity contribution >= 4 is 33.5 Å². The summed E-state index contributed by atoms with van der Waals surface area (Å²) in [4.78, 5) is 23.2. The molecule has 1 amide bonds. The van der Waals surface area contributed by atoms with Gasteiger partial charge in [-0.3, -0.25) is 4.79 Å². The highest BCUT2D eigenvalue weighted by molar-refractivity contribution is 9.09. The molecule has 0 aliphatic carbocycles. The molecular weight excluding hydrogens is 322 g/mol. The number of anilines is 1. The van der Waals surface area contributed by atoms with Gasteiger partial charge in [-0.25, -0.2) is 4.79 Å². The van der Waals surface area contributed by atoms with Crippen molar-refractivity contribution < 1.29 is 14.3 Å². The van der Waals surface area contributed by atoms with E-state index in [1.807, 2.05) is 6.92 Å². The molecule has 0 heterocycles. The monoisotopic (exact) mass is 341 g/mol. The van der Waals surface area contributed by atoms with Gasteiger partial charge in [-0.05, 0) is 43.5 Å². The molecular formula is C15H20BrNO3. The van der Waals surface area contributed by atoms with Crippen LogP contribution in [0, 0.1) is 6.92 Å². The van der Waals surface area contributed by atoms with Crippen molar-refractivity contribution in [3.63, 3.8) is 0 Å². The second-order valence-corrected chi connectivity index (χ2v) is 5.36. The molecule has 4 nitrogen and oxygen atoms in total. The zero-order chi connectivity index (χ0) is 15.0. The number of carbonyl (C=O) groups is 2. The third-order valence-corrected chi connectivity index (χ3v) is 3.52. The maximum atomic E-state index is 11.8. The van der Waals surface area contributed by atoms with Crippen molar-refractivity contribution in [1.29, 1.82) is 0 Å². The third-order valence-electron chi connectivity index (χ3n) is 2.96. The number of hydrogen-bond donors (Lipinski definition) is 1. The van der Waals surface area contributed by atoms with Crippen LogP contribution < -0.4 is 5.32 Å². The standard InChI is InChI=1S/C15H20BrNO3/c1-11-10-12(15(19)20-2)7-8-13(11)17-14(18)6-4-3-5-9-16/h7-8,10H,3-6,9H2,1-2H3,(H,17,18). The number of aryl methyl sites for hydroxylation is 1. The fourth-order valence-corrected chi connectivity index (χ4v) is 2.21. The molecule has 20 heavy (non-hydrogen) atoms.